The first kappa shape index (κ1) is 21.2. The van der Waals surface area contributed by atoms with Crippen molar-refractivity contribution in [3.63, 3.8) is 0 Å². The highest BCUT2D eigenvalue weighted by Gasteiger charge is 2.22. The Kier molecular flexibility index (Phi) is 10.4. The summed E-state index contributed by atoms with van der Waals surface area (Å²) in [7, 11) is 4.75. The number of piperidine rings is 2. The van der Waals surface area contributed by atoms with Gasteiger partial charge in [0.05, 0.1) is 53.4 Å². The van der Waals surface area contributed by atoms with Crippen LogP contribution in [0.25, 0.3) is 0 Å². The van der Waals surface area contributed by atoms with Crippen molar-refractivity contribution in [3.8, 4) is 0 Å². The fourth-order valence-corrected chi connectivity index (χ4v) is 3.18. The van der Waals surface area contributed by atoms with Gasteiger partial charge in [-0.05, 0) is 58.5 Å². The number of carbonyl (C=O) groups excluding carboxylic acids is 1. The molecular weight excluding hydrogens is 280 g/mol. The Balaban J connectivity index is 0.000000326. The van der Waals surface area contributed by atoms with E-state index in [-0.39, 0.29) is 0 Å². The maximum atomic E-state index is 8.33. The molecule has 0 amide bonds. The first-order valence-corrected chi connectivity index (χ1v) is 8.82. The van der Waals surface area contributed by atoms with Crippen LogP contribution in [0.15, 0.2) is 0 Å². The summed E-state index contributed by atoms with van der Waals surface area (Å²) in [5, 5.41) is 16.7. The minimum atomic E-state index is -2.33. The van der Waals surface area contributed by atoms with Crippen LogP contribution in [0.1, 0.15) is 52.4 Å². The van der Waals surface area contributed by atoms with E-state index >= 15 is 0 Å². The van der Waals surface area contributed by atoms with Crippen LogP contribution in [-0.2, 0) is 0 Å². The molecule has 2 rings (SSSR count). The van der Waals surface area contributed by atoms with Crippen LogP contribution in [0.5, 0.6) is 0 Å². The Morgan fingerprint density at radius 3 is 1.09 bits per heavy atom. The van der Waals surface area contributed by atoms with E-state index in [1.807, 2.05) is 0 Å². The van der Waals surface area contributed by atoms with Crippen molar-refractivity contribution in [2.45, 2.75) is 52.4 Å². The maximum Gasteiger partial charge on any atom is 0.0784 e. The first-order chi connectivity index (χ1) is 10.3. The molecule has 5 heteroatoms. The molecule has 132 valence electrons. The molecule has 0 N–H and O–H groups in total. The van der Waals surface area contributed by atoms with Gasteiger partial charge in [0.15, 0.2) is 0 Å². The first-order valence-electron chi connectivity index (χ1n) is 8.82. The number of quaternary nitrogens is 2. The zero-order valence-electron chi connectivity index (χ0n) is 15.1. The zero-order valence-corrected chi connectivity index (χ0v) is 15.1. The van der Waals surface area contributed by atoms with E-state index in [1.54, 1.807) is 0 Å². The highest BCUT2D eigenvalue weighted by atomic mass is 16.6. The third kappa shape index (κ3) is 10.0. The van der Waals surface area contributed by atoms with Gasteiger partial charge in [-0.3, -0.25) is 0 Å². The largest absolute Gasteiger partial charge is 0.652 e. The Morgan fingerprint density at radius 1 is 0.727 bits per heavy atom. The van der Waals surface area contributed by atoms with Gasteiger partial charge >= 0.3 is 0 Å². The molecule has 5 nitrogen and oxygen atoms in total. The summed E-state index contributed by atoms with van der Waals surface area (Å²) in [6.45, 7) is 12.9. The van der Waals surface area contributed by atoms with Crippen LogP contribution in [0.3, 0.4) is 0 Å². The molecule has 2 heterocycles. The predicted molar refractivity (Wildman–Crippen MR) is 86.0 cm³/mol. The number of carboxylic acid groups (broad SMARTS) is 2. The lowest BCUT2D eigenvalue weighted by Crippen LogP contribution is -2.47. The highest BCUT2D eigenvalue weighted by molar-refractivity contribution is 5.47. The summed E-state index contributed by atoms with van der Waals surface area (Å²) in [6, 6.07) is 0. The van der Waals surface area contributed by atoms with E-state index in [0.29, 0.717) is 0 Å². The van der Waals surface area contributed by atoms with E-state index in [2.05, 4.69) is 27.9 Å². The number of hydrogen-bond acceptors (Lipinski definition) is 3. The van der Waals surface area contributed by atoms with Crippen molar-refractivity contribution in [2.24, 2.45) is 0 Å². The molecule has 2 saturated heterocycles. The van der Waals surface area contributed by atoms with Crippen molar-refractivity contribution < 1.29 is 24.0 Å². The maximum absolute atomic E-state index is 8.33. The van der Waals surface area contributed by atoms with Gasteiger partial charge in [-0.25, -0.2) is 0 Å². The second-order valence-corrected chi connectivity index (χ2v) is 7.14. The summed E-state index contributed by atoms with van der Waals surface area (Å²) >= 11 is 0. The molecule has 0 unspecified atom stereocenters. The molecule has 0 radical (unpaired) electrons. The molecule has 0 aliphatic carbocycles. The van der Waals surface area contributed by atoms with Crippen LogP contribution >= 0.6 is 0 Å². The summed E-state index contributed by atoms with van der Waals surface area (Å²) < 4.78 is 2.64. The third-order valence-corrected chi connectivity index (χ3v) is 5.32. The molecule has 22 heavy (non-hydrogen) atoms. The SMILES string of the molecule is CC[N+]1(C)CCCCC1.CC[N+]1(C)CCCCC1.O=C([O-])[O-]. The van der Waals surface area contributed by atoms with Gasteiger partial charge in [0.1, 0.15) is 0 Å². The molecule has 0 bridgehead atoms. The summed E-state index contributed by atoms with van der Waals surface area (Å²) in [6.07, 6.45) is 6.39. The Bertz CT molecular complexity index is 268. The van der Waals surface area contributed by atoms with Crippen LogP contribution in [0.4, 0.5) is 4.79 Å². The van der Waals surface area contributed by atoms with E-state index in [9.17, 15) is 0 Å². The normalized spacial score (nSPS) is 22.4. The fourth-order valence-electron chi connectivity index (χ4n) is 3.18. The van der Waals surface area contributed by atoms with Crippen molar-refractivity contribution in [3.05, 3.63) is 0 Å². The van der Waals surface area contributed by atoms with Gasteiger partial charge in [0, 0.05) is 0 Å². The molecule has 0 aromatic carbocycles. The van der Waals surface area contributed by atoms with Crippen LogP contribution in [-0.4, -0.2) is 68.5 Å². The lowest BCUT2D eigenvalue weighted by molar-refractivity contribution is -0.912. The smallest absolute Gasteiger partial charge is 0.0784 e. The number of nitrogens with zero attached hydrogens (tertiary/aromatic N) is 2. The molecule has 0 spiro atoms. The van der Waals surface area contributed by atoms with Crippen molar-refractivity contribution in [2.75, 3.05) is 53.4 Å². The van der Waals surface area contributed by atoms with Gasteiger partial charge in [0.25, 0.3) is 0 Å². The molecule has 2 fully saturated rings. The molecular formula is C17H36N2O3. The van der Waals surface area contributed by atoms with Crippen LogP contribution in [0, 0.1) is 0 Å². The van der Waals surface area contributed by atoms with E-state index < -0.39 is 6.16 Å². The minimum Gasteiger partial charge on any atom is -0.652 e. The summed E-state index contributed by atoms with van der Waals surface area (Å²) in [5.41, 5.74) is 0. The Morgan fingerprint density at radius 2 is 0.955 bits per heavy atom. The standard InChI is InChI=1S/2C8H18N.CH2O3/c2*1-3-9(2)7-5-4-6-8-9;2-1(3)4/h2*3-8H2,1-2H3;(H2,2,3,4)/q2*+1;/p-2. The predicted octanol–water partition coefficient (Wildman–Crippen LogP) is 0.827. The van der Waals surface area contributed by atoms with Crippen molar-refractivity contribution in [1.29, 1.82) is 0 Å². The van der Waals surface area contributed by atoms with E-state index in [0.717, 1.165) is 0 Å². The number of rotatable bonds is 2. The van der Waals surface area contributed by atoms with Gasteiger partial charge < -0.3 is 24.0 Å². The van der Waals surface area contributed by atoms with Gasteiger partial charge in [0.2, 0.25) is 0 Å². The second-order valence-electron chi connectivity index (χ2n) is 7.14. The second kappa shape index (κ2) is 10.8. The van der Waals surface area contributed by atoms with E-state index in [4.69, 9.17) is 15.0 Å². The third-order valence-electron chi connectivity index (χ3n) is 5.32. The summed E-state index contributed by atoms with van der Waals surface area (Å²) in [4.78, 5) is 8.33. The number of hydrogen-bond donors (Lipinski definition) is 0. The van der Waals surface area contributed by atoms with Gasteiger partial charge in [-0.15, -0.1) is 0 Å². The lowest BCUT2D eigenvalue weighted by atomic mass is 10.1. The molecule has 0 saturated carbocycles. The van der Waals surface area contributed by atoms with Crippen molar-refractivity contribution >= 4 is 6.16 Å². The summed E-state index contributed by atoms with van der Waals surface area (Å²) in [5.74, 6) is 0. The lowest BCUT2D eigenvalue weighted by Gasteiger charge is -2.36. The molecule has 0 aromatic heterocycles. The van der Waals surface area contributed by atoms with E-state index in [1.165, 1.54) is 86.8 Å². The average molecular weight is 316 g/mol. The van der Waals surface area contributed by atoms with Crippen LogP contribution in [0.2, 0.25) is 0 Å². The Labute approximate surface area is 136 Å². The zero-order chi connectivity index (χ0) is 17.1. The van der Waals surface area contributed by atoms with Crippen LogP contribution < -0.4 is 10.2 Å². The number of likely N-dealkylation sites (tertiary alicyclic amines) is 2. The van der Waals surface area contributed by atoms with Crippen molar-refractivity contribution in [1.82, 2.24) is 0 Å². The monoisotopic (exact) mass is 316 g/mol. The molecule has 0 aromatic rings. The average Bonchev–Trinajstić information content (AvgIpc) is 2.49. The molecule has 2 aliphatic rings. The molecule has 0 atom stereocenters. The quantitative estimate of drug-likeness (QED) is 0.709. The fraction of sp³-hybridized carbons (Fsp3) is 0.941. The minimum absolute atomic E-state index is 1.32. The topological polar surface area (TPSA) is 63.2 Å². The Hall–Kier alpha value is -0.810. The highest BCUT2D eigenvalue weighted by Crippen LogP contribution is 2.15. The number of carbonyl (C=O) groups is 1. The van der Waals surface area contributed by atoms with Gasteiger partial charge in [-0.1, -0.05) is 0 Å². The molecule has 2 aliphatic heterocycles. The van der Waals surface area contributed by atoms with Gasteiger partial charge in [-0.2, -0.15) is 0 Å².